The Hall–Kier alpha value is -2.53. The van der Waals surface area contributed by atoms with E-state index in [0.29, 0.717) is 11.5 Å². The van der Waals surface area contributed by atoms with Crippen LogP contribution in [0.25, 0.3) is 11.1 Å². The Balaban J connectivity index is 1.48. The van der Waals surface area contributed by atoms with E-state index in [4.69, 9.17) is 4.74 Å². The molecule has 0 heterocycles. The molecule has 0 aliphatic heterocycles. The number of hydrogen-bond acceptors (Lipinski definition) is 1. The van der Waals surface area contributed by atoms with Crippen LogP contribution >= 0.6 is 0 Å². The Morgan fingerprint density at radius 2 is 1.50 bits per heavy atom. The van der Waals surface area contributed by atoms with Crippen molar-refractivity contribution in [3.05, 3.63) is 89.2 Å². The van der Waals surface area contributed by atoms with Crippen LogP contribution in [0.3, 0.4) is 0 Å². The predicted octanol–water partition coefficient (Wildman–Crippen LogP) is 6.99. The summed E-state index contributed by atoms with van der Waals surface area (Å²) in [6.45, 7) is 1.85. The summed E-state index contributed by atoms with van der Waals surface area (Å²) in [5.74, 6) is 0.511. The van der Waals surface area contributed by atoms with E-state index in [-0.39, 0.29) is 5.75 Å². The van der Waals surface area contributed by atoms with Crippen molar-refractivity contribution in [2.24, 2.45) is 5.92 Å². The first kappa shape index (κ1) is 22.7. The Morgan fingerprint density at radius 1 is 0.875 bits per heavy atom. The number of aryl methyl sites for hydroxylation is 1. The van der Waals surface area contributed by atoms with Crippen LogP contribution in [0.4, 0.5) is 13.2 Å². The lowest BCUT2D eigenvalue weighted by Gasteiger charge is -2.28. The SMILES string of the molecule is Cc1ccc(OC(F)(F)c2ccc(-c3ccc(C4CCC(C[SiH3])CC4)cc3)cc2F)cc1. The summed E-state index contributed by atoms with van der Waals surface area (Å²) >= 11 is 0. The first-order chi connectivity index (χ1) is 15.4. The molecule has 0 saturated heterocycles. The van der Waals surface area contributed by atoms with Crippen molar-refractivity contribution in [1.82, 2.24) is 0 Å². The fourth-order valence-corrected chi connectivity index (χ4v) is 5.41. The highest BCUT2D eigenvalue weighted by atomic mass is 28.1. The molecule has 0 atom stereocenters. The minimum Gasteiger partial charge on any atom is -0.429 e. The molecular formula is C27H29F3OSi. The lowest BCUT2D eigenvalue weighted by atomic mass is 9.79. The van der Waals surface area contributed by atoms with Gasteiger partial charge in [-0.15, -0.1) is 0 Å². The zero-order valence-corrected chi connectivity index (χ0v) is 20.6. The van der Waals surface area contributed by atoms with Crippen LogP contribution in [0.1, 0.15) is 48.3 Å². The Bertz CT molecular complexity index is 1040. The monoisotopic (exact) mass is 454 g/mol. The van der Waals surface area contributed by atoms with Gasteiger partial charge < -0.3 is 4.74 Å². The van der Waals surface area contributed by atoms with Crippen molar-refractivity contribution in [2.75, 3.05) is 0 Å². The van der Waals surface area contributed by atoms with E-state index < -0.39 is 17.5 Å². The van der Waals surface area contributed by atoms with Crippen LogP contribution in [0, 0.1) is 18.7 Å². The van der Waals surface area contributed by atoms with Gasteiger partial charge in [0, 0.05) is 10.2 Å². The minimum absolute atomic E-state index is 0.00490. The molecule has 0 bridgehead atoms. The third-order valence-electron chi connectivity index (χ3n) is 6.69. The molecule has 4 rings (SSSR count). The van der Waals surface area contributed by atoms with Crippen molar-refractivity contribution in [2.45, 2.75) is 50.7 Å². The summed E-state index contributed by atoms with van der Waals surface area (Å²) in [4.78, 5) is 0. The fourth-order valence-electron chi connectivity index (χ4n) is 4.59. The van der Waals surface area contributed by atoms with E-state index in [1.165, 1.54) is 65.7 Å². The van der Waals surface area contributed by atoms with Gasteiger partial charge in [0.15, 0.2) is 0 Å². The number of hydrogen-bond donors (Lipinski definition) is 0. The minimum atomic E-state index is -3.76. The quantitative estimate of drug-likeness (QED) is 0.365. The van der Waals surface area contributed by atoms with E-state index in [2.05, 4.69) is 12.1 Å². The lowest BCUT2D eigenvalue weighted by molar-refractivity contribution is -0.187. The highest BCUT2D eigenvalue weighted by Crippen LogP contribution is 2.38. The Kier molecular flexibility index (Phi) is 6.75. The standard InChI is InChI=1S/C27H29F3OSi/c1-18-2-13-24(14-3-18)31-27(29,30)25-15-12-23(16-26(25)28)22-10-8-21(9-11-22)20-6-4-19(17-32)5-7-20/h2-3,8-16,19-20H,4-7,17H2,1,32H3. The van der Waals surface area contributed by atoms with Crippen LogP contribution in [0.2, 0.25) is 6.04 Å². The van der Waals surface area contributed by atoms with Crippen molar-refractivity contribution < 1.29 is 17.9 Å². The van der Waals surface area contributed by atoms with Gasteiger partial charge in [-0.3, -0.25) is 0 Å². The Labute approximate surface area is 191 Å². The van der Waals surface area contributed by atoms with E-state index in [1.807, 2.05) is 19.1 Å². The number of halogens is 3. The highest BCUT2D eigenvalue weighted by Gasteiger charge is 2.37. The average molecular weight is 455 g/mol. The van der Waals surface area contributed by atoms with Crippen molar-refractivity contribution in [1.29, 1.82) is 0 Å². The topological polar surface area (TPSA) is 9.23 Å². The summed E-state index contributed by atoms with van der Waals surface area (Å²) in [5.41, 5.74) is 2.86. The molecule has 1 nitrogen and oxygen atoms in total. The molecule has 168 valence electrons. The van der Waals surface area contributed by atoms with E-state index >= 15 is 0 Å². The van der Waals surface area contributed by atoms with E-state index in [9.17, 15) is 13.2 Å². The second-order valence-corrected chi connectivity index (χ2v) is 9.69. The summed E-state index contributed by atoms with van der Waals surface area (Å²) in [7, 11) is 1.28. The molecule has 5 heteroatoms. The van der Waals surface area contributed by atoms with Gasteiger partial charge in [-0.1, -0.05) is 66.9 Å². The maximum Gasteiger partial charge on any atom is 0.429 e. The molecule has 1 aliphatic carbocycles. The lowest BCUT2D eigenvalue weighted by Crippen LogP contribution is -2.23. The van der Waals surface area contributed by atoms with Gasteiger partial charge in [0.2, 0.25) is 0 Å². The molecule has 0 N–H and O–H groups in total. The second-order valence-electron chi connectivity index (χ2n) is 8.87. The van der Waals surface area contributed by atoms with Crippen LogP contribution < -0.4 is 4.74 Å². The summed E-state index contributed by atoms with van der Waals surface area (Å²) in [5, 5.41) is 0. The number of rotatable bonds is 6. The van der Waals surface area contributed by atoms with Crippen LogP contribution in [-0.2, 0) is 6.11 Å². The molecule has 0 aromatic heterocycles. The van der Waals surface area contributed by atoms with Crippen molar-refractivity contribution in [3.8, 4) is 16.9 Å². The second kappa shape index (κ2) is 9.53. The summed E-state index contributed by atoms with van der Waals surface area (Å²) in [6, 6.07) is 19.6. The van der Waals surface area contributed by atoms with E-state index in [0.717, 1.165) is 29.2 Å². The molecule has 0 unspecified atom stereocenters. The van der Waals surface area contributed by atoms with E-state index in [1.54, 1.807) is 12.1 Å². The van der Waals surface area contributed by atoms with Gasteiger partial charge in [0.25, 0.3) is 0 Å². The van der Waals surface area contributed by atoms with Crippen LogP contribution in [0.5, 0.6) is 5.75 Å². The molecule has 32 heavy (non-hydrogen) atoms. The third kappa shape index (κ3) is 5.09. The number of alkyl halides is 2. The molecule has 3 aromatic carbocycles. The highest BCUT2D eigenvalue weighted by molar-refractivity contribution is 6.08. The maximum atomic E-state index is 14.7. The van der Waals surface area contributed by atoms with Gasteiger partial charge in [0.05, 0.1) is 5.56 Å². The first-order valence-electron chi connectivity index (χ1n) is 11.4. The van der Waals surface area contributed by atoms with Crippen LogP contribution in [0.15, 0.2) is 66.7 Å². The van der Waals surface area contributed by atoms with Crippen molar-refractivity contribution >= 4 is 10.2 Å². The smallest absolute Gasteiger partial charge is 0.429 e. The summed E-state index contributed by atoms with van der Waals surface area (Å²) in [6.07, 6.45) is 1.31. The fraction of sp³-hybridized carbons (Fsp3) is 0.333. The third-order valence-corrected chi connectivity index (χ3v) is 7.84. The van der Waals surface area contributed by atoms with Gasteiger partial charge in [-0.05, 0) is 72.6 Å². The Morgan fingerprint density at radius 3 is 2.09 bits per heavy atom. The summed E-state index contributed by atoms with van der Waals surface area (Å²) < 4.78 is 48.7. The average Bonchev–Trinajstić information content (AvgIpc) is 2.80. The van der Waals surface area contributed by atoms with Crippen LogP contribution in [-0.4, -0.2) is 10.2 Å². The predicted molar refractivity (Wildman–Crippen MR) is 127 cm³/mol. The number of benzene rings is 3. The normalized spacial score (nSPS) is 19.1. The van der Waals surface area contributed by atoms with Gasteiger partial charge in [-0.2, -0.15) is 8.78 Å². The molecule has 0 spiro atoms. The zero-order valence-electron chi connectivity index (χ0n) is 18.6. The molecule has 1 aliphatic rings. The zero-order chi connectivity index (χ0) is 22.7. The molecular weight excluding hydrogens is 425 g/mol. The van der Waals surface area contributed by atoms with Crippen molar-refractivity contribution in [3.63, 3.8) is 0 Å². The largest absolute Gasteiger partial charge is 0.429 e. The first-order valence-corrected chi connectivity index (χ1v) is 12.8. The molecule has 1 saturated carbocycles. The maximum absolute atomic E-state index is 14.7. The molecule has 0 amide bonds. The van der Waals surface area contributed by atoms with Gasteiger partial charge >= 0.3 is 6.11 Å². The molecule has 3 aromatic rings. The van der Waals surface area contributed by atoms with Gasteiger partial charge in [-0.25, -0.2) is 4.39 Å². The number of ether oxygens (including phenoxy) is 1. The van der Waals surface area contributed by atoms with Gasteiger partial charge in [0.1, 0.15) is 11.6 Å². The molecule has 1 fully saturated rings. The molecule has 0 radical (unpaired) electrons.